The zero-order chi connectivity index (χ0) is 17.2. The van der Waals surface area contributed by atoms with Crippen molar-refractivity contribution in [2.24, 2.45) is 46.8 Å². The Labute approximate surface area is 154 Å². The fraction of sp³-hybridized carbons (Fsp3) is 0.609. The second-order valence-electron chi connectivity index (χ2n) is 9.88. The number of carbonyl (C=O) groups is 1. The van der Waals surface area contributed by atoms with Crippen molar-refractivity contribution in [3.63, 3.8) is 0 Å². The van der Waals surface area contributed by atoms with Crippen molar-refractivity contribution in [1.29, 1.82) is 0 Å². The van der Waals surface area contributed by atoms with Crippen molar-refractivity contribution in [3.05, 3.63) is 41.0 Å². The van der Waals surface area contributed by atoms with Crippen LogP contribution in [0, 0.1) is 46.8 Å². The van der Waals surface area contributed by atoms with E-state index in [9.17, 15) is 4.79 Å². The maximum Gasteiger partial charge on any atom is 0.224 e. The third-order valence-electron chi connectivity index (χ3n) is 9.40. The van der Waals surface area contributed by atoms with Gasteiger partial charge in [-0.1, -0.05) is 23.3 Å². The van der Waals surface area contributed by atoms with Crippen LogP contribution >= 0.6 is 0 Å². The Morgan fingerprint density at radius 2 is 1.85 bits per heavy atom. The first-order valence-corrected chi connectivity index (χ1v) is 10.6. The van der Waals surface area contributed by atoms with Gasteiger partial charge in [0.15, 0.2) is 0 Å². The predicted octanol–water partition coefficient (Wildman–Crippen LogP) is 3.17. The van der Waals surface area contributed by atoms with Gasteiger partial charge in [-0.15, -0.1) is 0 Å². The number of nitrogens with one attached hydrogen (secondary N) is 1. The Balaban J connectivity index is 1.10. The van der Waals surface area contributed by atoms with E-state index < -0.39 is 0 Å². The van der Waals surface area contributed by atoms with Crippen molar-refractivity contribution in [1.82, 2.24) is 5.32 Å². The molecule has 0 bridgehead atoms. The van der Waals surface area contributed by atoms with Crippen LogP contribution in [0.25, 0.3) is 0 Å². The Morgan fingerprint density at radius 1 is 1.08 bits per heavy atom. The minimum Gasteiger partial charge on any atom is -0.399 e. The van der Waals surface area contributed by atoms with E-state index in [0.29, 0.717) is 11.8 Å². The van der Waals surface area contributed by atoms with Gasteiger partial charge in [0.25, 0.3) is 0 Å². The standard InChI is InChI=1S/C23H26N2O/c24-12-3-1-11(2-4-12)9-17(26)25-10-23-20-15-7-5-13(15)18(20)22(23)19-14-6-8-16(14)21(19)23/h1-4,13-16,18,20,22H,5-10,24H2,(H,25,26). The summed E-state index contributed by atoms with van der Waals surface area (Å²) in [5.74, 6) is 6.89. The maximum absolute atomic E-state index is 12.6. The summed E-state index contributed by atoms with van der Waals surface area (Å²) in [5, 5.41) is 3.35. The highest BCUT2D eigenvalue weighted by molar-refractivity contribution is 5.79. The SMILES string of the molecule is Nc1ccc(CC(=O)NCC23C4=C(C5CCC45)C2C2C4CCC4C23)cc1. The number of nitrogen functional groups attached to an aromatic ring is 1. The number of nitrogens with two attached hydrogens (primary N) is 1. The van der Waals surface area contributed by atoms with Gasteiger partial charge in [0.05, 0.1) is 6.42 Å². The van der Waals surface area contributed by atoms with Crippen LogP contribution in [0.1, 0.15) is 31.2 Å². The van der Waals surface area contributed by atoms with E-state index in [1.54, 1.807) is 0 Å². The molecule has 26 heavy (non-hydrogen) atoms. The average molecular weight is 346 g/mol. The van der Waals surface area contributed by atoms with Crippen LogP contribution in [0.2, 0.25) is 0 Å². The third kappa shape index (κ3) is 1.35. The molecule has 0 radical (unpaired) electrons. The Morgan fingerprint density at radius 3 is 2.54 bits per heavy atom. The molecule has 0 saturated heterocycles. The van der Waals surface area contributed by atoms with Gasteiger partial charge in [-0.05, 0) is 84.8 Å². The van der Waals surface area contributed by atoms with Gasteiger partial charge in [0.1, 0.15) is 0 Å². The molecule has 4 fully saturated rings. The van der Waals surface area contributed by atoms with Gasteiger partial charge in [0.2, 0.25) is 5.91 Å². The number of anilines is 1. The van der Waals surface area contributed by atoms with E-state index in [1.807, 2.05) is 35.4 Å². The van der Waals surface area contributed by atoms with Crippen molar-refractivity contribution in [3.8, 4) is 0 Å². The second kappa shape index (κ2) is 4.37. The molecule has 3 heteroatoms. The summed E-state index contributed by atoms with van der Waals surface area (Å²) in [6, 6.07) is 7.70. The number of benzene rings is 1. The van der Waals surface area contributed by atoms with Crippen molar-refractivity contribution in [2.45, 2.75) is 32.1 Å². The lowest BCUT2D eigenvalue weighted by molar-refractivity contribution is -0.310. The number of hydrogen-bond donors (Lipinski definition) is 2. The molecular weight excluding hydrogens is 320 g/mol. The summed E-state index contributed by atoms with van der Waals surface area (Å²) in [6.45, 7) is 0.915. The lowest BCUT2D eigenvalue weighted by Crippen LogP contribution is -2.84. The van der Waals surface area contributed by atoms with E-state index in [4.69, 9.17) is 5.73 Å². The molecule has 3 N–H and O–H groups in total. The lowest BCUT2D eigenvalue weighted by Gasteiger charge is -2.87. The van der Waals surface area contributed by atoms with E-state index in [2.05, 4.69) is 5.32 Å². The summed E-state index contributed by atoms with van der Waals surface area (Å²) < 4.78 is 0. The maximum atomic E-state index is 12.6. The minimum atomic E-state index is 0.175. The smallest absolute Gasteiger partial charge is 0.224 e. The Bertz CT molecular complexity index is 871. The summed E-state index contributed by atoms with van der Waals surface area (Å²) in [5.41, 5.74) is 11.7. The van der Waals surface area contributed by atoms with Crippen molar-refractivity contribution in [2.75, 3.05) is 12.3 Å². The van der Waals surface area contributed by atoms with Crippen LogP contribution < -0.4 is 11.1 Å². The largest absolute Gasteiger partial charge is 0.399 e. The molecule has 0 aliphatic heterocycles. The normalized spacial score (nSPS) is 47.6. The quantitative estimate of drug-likeness (QED) is 0.500. The summed E-state index contributed by atoms with van der Waals surface area (Å²) >= 11 is 0. The summed E-state index contributed by atoms with van der Waals surface area (Å²) in [4.78, 5) is 12.6. The minimum absolute atomic E-state index is 0.175. The number of rotatable bonds is 4. The highest BCUT2D eigenvalue weighted by Gasteiger charge is 2.84. The highest BCUT2D eigenvalue weighted by atomic mass is 16.1. The van der Waals surface area contributed by atoms with E-state index >= 15 is 0 Å². The van der Waals surface area contributed by atoms with E-state index in [-0.39, 0.29) is 5.91 Å². The molecule has 6 aliphatic rings. The number of allylic oxidation sites excluding steroid dienone is 1. The van der Waals surface area contributed by atoms with Crippen LogP contribution in [-0.4, -0.2) is 12.5 Å². The molecule has 7 rings (SSSR count). The van der Waals surface area contributed by atoms with Gasteiger partial charge in [-0.25, -0.2) is 0 Å². The molecule has 0 heterocycles. The molecular formula is C23H26N2O. The molecule has 1 aromatic rings. The van der Waals surface area contributed by atoms with E-state index in [1.165, 1.54) is 25.7 Å². The zero-order valence-electron chi connectivity index (χ0n) is 15.1. The topological polar surface area (TPSA) is 55.1 Å². The van der Waals surface area contributed by atoms with Crippen LogP contribution in [0.4, 0.5) is 5.69 Å². The van der Waals surface area contributed by atoms with E-state index in [0.717, 1.165) is 59.2 Å². The van der Waals surface area contributed by atoms with Crippen LogP contribution in [0.15, 0.2) is 35.4 Å². The van der Waals surface area contributed by atoms with Gasteiger partial charge >= 0.3 is 0 Å². The van der Waals surface area contributed by atoms with Crippen LogP contribution in [0.5, 0.6) is 0 Å². The third-order valence-corrected chi connectivity index (χ3v) is 9.40. The Hall–Kier alpha value is -1.77. The predicted molar refractivity (Wildman–Crippen MR) is 99.9 cm³/mol. The van der Waals surface area contributed by atoms with Crippen molar-refractivity contribution < 1.29 is 4.79 Å². The highest BCUT2D eigenvalue weighted by Crippen LogP contribution is 2.89. The zero-order valence-corrected chi connectivity index (χ0v) is 15.1. The average Bonchev–Trinajstić information content (AvgIpc) is 2.58. The molecule has 134 valence electrons. The number of hydrogen-bond acceptors (Lipinski definition) is 2. The number of fused-ring (bicyclic) bond motifs is 12. The van der Waals surface area contributed by atoms with Crippen LogP contribution in [0.3, 0.4) is 0 Å². The molecule has 3 nitrogen and oxygen atoms in total. The molecule has 1 amide bonds. The first kappa shape index (κ1) is 14.3. The lowest BCUT2D eigenvalue weighted by atomic mass is 9.16. The number of amides is 1. The molecule has 6 aliphatic carbocycles. The van der Waals surface area contributed by atoms with Gasteiger partial charge in [-0.2, -0.15) is 0 Å². The fourth-order valence-electron chi connectivity index (χ4n) is 8.25. The van der Waals surface area contributed by atoms with Crippen molar-refractivity contribution >= 4 is 11.6 Å². The molecule has 4 saturated carbocycles. The molecule has 8 unspecified atom stereocenters. The first-order valence-electron chi connectivity index (χ1n) is 10.6. The molecule has 0 spiro atoms. The fourth-order valence-corrected chi connectivity index (χ4v) is 8.25. The van der Waals surface area contributed by atoms with Gasteiger partial charge < -0.3 is 11.1 Å². The number of carbonyl (C=O) groups excluding carboxylic acids is 1. The van der Waals surface area contributed by atoms with Gasteiger partial charge in [0, 0.05) is 17.6 Å². The molecule has 1 aromatic carbocycles. The summed E-state index contributed by atoms with van der Waals surface area (Å²) in [7, 11) is 0. The molecule has 0 aromatic heterocycles. The van der Waals surface area contributed by atoms with Crippen LogP contribution in [-0.2, 0) is 11.2 Å². The first-order chi connectivity index (χ1) is 12.7. The summed E-state index contributed by atoms with van der Waals surface area (Å²) in [6.07, 6.45) is 6.28. The second-order valence-corrected chi connectivity index (χ2v) is 9.88. The monoisotopic (exact) mass is 346 g/mol. The Kier molecular flexibility index (Phi) is 2.41. The molecule has 8 atom stereocenters. The van der Waals surface area contributed by atoms with Gasteiger partial charge in [-0.3, -0.25) is 4.79 Å².